The van der Waals surface area contributed by atoms with Gasteiger partial charge in [0.05, 0.1) is 11.6 Å². The highest BCUT2D eigenvalue weighted by atomic mass is 79.9. The van der Waals surface area contributed by atoms with Gasteiger partial charge in [0.15, 0.2) is 0 Å². The van der Waals surface area contributed by atoms with Crippen LogP contribution < -0.4 is 5.32 Å². The van der Waals surface area contributed by atoms with Crippen molar-refractivity contribution < 1.29 is 0 Å². The topological polar surface area (TPSA) is 42.7 Å². The third-order valence-electron chi connectivity index (χ3n) is 2.18. The minimum Gasteiger partial charge on any atom is -0.378 e. The van der Waals surface area contributed by atoms with Gasteiger partial charge in [-0.25, -0.2) is 4.98 Å². The summed E-state index contributed by atoms with van der Waals surface area (Å²) in [6.45, 7) is 0.630. The number of aryl methyl sites for hydroxylation is 1. The van der Waals surface area contributed by atoms with Crippen molar-refractivity contribution in [2.45, 2.75) is 6.54 Å². The average molecular weight is 302 g/mol. The Morgan fingerprint density at radius 1 is 1.50 bits per heavy atom. The van der Waals surface area contributed by atoms with Gasteiger partial charge in [0.25, 0.3) is 0 Å². The van der Waals surface area contributed by atoms with Gasteiger partial charge in [0.2, 0.25) is 0 Å². The monoisotopic (exact) mass is 300 g/mol. The zero-order valence-electron chi connectivity index (χ0n) is 8.61. The Hall–Kier alpha value is -1.07. The first kappa shape index (κ1) is 11.4. The van der Waals surface area contributed by atoms with Gasteiger partial charge < -0.3 is 5.32 Å². The molecule has 1 aromatic heterocycles. The third kappa shape index (κ3) is 2.54. The highest BCUT2D eigenvalue weighted by Gasteiger charge is 2.01. The Bertz CT molecular complexity index is 497. The molecular weight excluding hydrogens is 291 g/mol. The lowest BCUT2D eigenvalue weighted by Crippen LogP contribution is -2.06. The van der Waals surface area contributed by atoms with Gasteiger partial charge in [0.1, 0.15) is 12.2 Å². The molecule has 0 saturated carbocycles. The van der Waals surface area contributed by atoms with E-state index in [2.05, 4.69) is 31.3 Å². The normalized spacial score (nSPS) is 10.4. The van der Waals surface area contributed by atoms with Crippen molar-refractivity contribution in [3.63, 3.8) is 0 Å². The fourth-order valence-corrected chi connectivity index (χ4v) is 1.76. The minimum atomic E-state index is 0.630. The van der Waals surface area contributed by atoms with Gasteiger partial charge in [-0.2, -0.15) is 5.10 Å². The van der Waals surface area contributed by atoms with Crippen LogP contribution in [0.5, 0.6) is 0 Å². The number of nitrogens with zero attached hydrogens (tertiary/aromatic N) is 3. The highest BCUT2D eigenvalue weighted by Crippen LogP contribution is 2.25. The second kappa shape index (κ2) is 4.84. The summed E-state index contributed by atoms with van der Waals surface area (Å²) in [5.74, 6) is 0.881. The summed E-state index contributed by atoms with van der Waals surface area (Å²) in [7, 11) is 1.86. The zero-order chi connectivity index (χ0) is 11.5. The smallest absolute Gasteiger partial charge is 0.145 e. The van der Waals surface area contributed by atoms with E-state index in [1.165, 1.54) is 6.33 Å². The molecular formula is C10H10BrClN4. The number of hydrogen-bond donors (Lipinski definition) is 1. The molecule has 0 aliphatic rings. The van der Waals surface area contributed by atoms with E-state index >= 15 is 0 Å². The van der Waals surface area contributed by atoms with Crippen molar-refractivity contribution in [1.82, 2.24) is 14.8 Å². The molecule has 0 bridgehead atoms. The first-order valence-electron chi connectivity index (χ1n) is 4.68. The molecule has 6 heteroatoms. The second-order valence-corrected chi connectivity index (χ2v) is 4.54. The van der Waals surface area contributed by atoms with Crippen LogP contribution in [0.15, 0.2) is 29.0 Å². The lowest BCUT2D eigenvalue weighted by molar-refractivity contribution is 0.712. The van der Waals surface area contributed by atoms with E-state index in [1.54, 1.807) is 4.68 Å². The third-order valence-corrected chi connectivity index (χ3v) is 3.39. The lowest BCUT2D eigenvalue weighted by Gasteiger charge is -2.06. The van der Waals surface area contributed by atoms with E-state index in [-0.39, 0.29) is 0 Å². The van der Waals surface area contributed by atoms with Crippen LogP contribution in [0.2, 0.25) is 5.02 Å². The zero-order valence-corrected chi connectivity index (χ0v) is 11.0. The maximum Gasteiger partial charge on any atom is 0.145 e. The number of nitrogens with one attached hydrogen (secondary N) is 1. The molecule has 1 aromatic carbocycles. The number of hydrogen-bond acceptors (Lipinski definition) is 3. The molecule has 0 radical (unpaired) electrons. The van der Waals surface area contributed by atoms with E-state index in [1.807, 2.05) is 25.2 Å². The molecule has 1 heterocycles. The largest absolute Gasteiger partial charge is 0.378 e. The van der Waals surface area contributed by atoms with Crippen LogP contribution in [0.4, 0.5) is 5.69 Å². The SMILES string of the molecule is Cn1ncnc1CNc1ccc(Cl)c(Br)c1. The fourth-order valence-electron chi connectivity index (χ4n) is 1.27. The van der Waals surface area contributed by atoms with Crippen LogP contribution in [-0.2, 0) is 13.6 Å². The van der Waals surface area contributed by atoms with E-state index in [9.17, 15) is 0 Å². The van der Waals surface area contributed by atoms with Gasteiger partial charge in [-0.15, -0.1) is 0 Å². The molecule has 0 aliphatic heterocycles. The predicted molar refractivity (Wildman–Crippen MR) is 67.5 cm³/mol. The van der Waals surface area contributed by atoms with Crippen molar-refractivity contribution in [3.8, 4) is 0 Å². The lowest BCUT2D eigenvalue weighted by atomic mass is 10.3. The number of aromatic nitrogens is 3. The van der Waals surface area contributed by atoms with Crippen LogP contribution in [0.3, 0.4) is 0 Å². The van der Waals surface area contributed by atoms with Crippen LogP contribution >= 0.6 is 27.5 Å². The standard InChI is InChI=1S/C10H10BrClN4/c1-16-10(14-6-15-16)5-13-7-2-3-9(12)8(11)4-7/h2-4,6,13H,5H2,1H3. The van der Waals surface area contributed by atoms with E-state index in [4.69, 9.17) is 11.6 Å². The summed E-state index contributed by atoms with van der Waals surface area (Å²) in [6, 6.07) is 5.69. The first-order valence-corrected chi connectivity index (χ1v) is 5.85. The number of rotatable bonds is 3. The second-order valence-electron chi connectivity index (χ2n) is 3.28. The molecule has 4 nitrogen and oxygen atoms in total. The molecule has 1 N–H and O–H groups in total. The van der Waals surface area contributed by atoms with Crippen molar-refractivity contribution in [2.24, 2.45) is 7.05 Å². The Balaban J connectivity index is 2.05. The molecule has 0 unspecified atom stereocenters. The summed E-state index contributed by atoms with van der Waals surface area (Å²) in [4.78, 5) is 4.12. The van der Waals surface area contributed by atoms with Gasteiger partial charge in [-0.1, -0.05) is 11.6 Å². The van der Waals surface area contributed by atoms with Crippen LogP contribution in [0.25, 0.3) is 0 Å². The number of benzene rings is 1. The highest BCUT2D eigenvalue weighted by molar-refractivity contribution is 9.10. The van der Waals surface area contributed by atoms with Gasteiger partial charge in [0, 0.05) is 17.2 Å². The van der Waals surface area contributed by atoms with Gasteiger partial charge >= 0.3 is 0 Å². The molecule has 0 amide bonds. The molecule has 0 saturated heterocycles. The summed E-state index contributed by atoms with van der Waals surface area (Å²) in [6.07, 6.45) is 1.54. The van der Waals surface area contributed by atoms with Crippen LogP contribution in [0.1, 0.15) is 5.82 Å². The number of anilines is 1. The summed E-state index contributed by atoms with van der Waals surface area (Å²) in [5, 5.41) is 7.94. The molecule has 2 aromatic rings. The predicted octanol–water partition coefficient (Wildman–Crippen LogP) is 2.84. The molecule has 84 valence electrons. The van der Waals surface area contributed by atoms with Gasteiger partial charge in [-0.05, 0) is 34.1 Å². The fraction of sp³-hybridized carbons (Fsp3) is 0.200. The van der Waals surface area contributed by atoms with Crippen LogP contribution in [0, 0.1) is 0 Å². The number of halogens is 2. The molecule has 2 rings (SSSR count). The van der Waals surface area contributed by atoms with Crippen molar-refractivity contribution in [2.75, 3.05) is 5.32 Å². The van der Waals surface area contributed by atoms with Crippen molar-refractivity contribution >= 4 is 33.2 Å². The molecule has 16 heavy (non-hydrogen) atoms. The van der Waals surface area contributed by atoms with E-state index in [0.29, 0.717) is 11.6 Å². The first-order chi connectivity index (χ1) is 7.66. The average Bonchev–Trinajstić information content (AvgIpc) is 2.66. The molecule has 0 fully saturated rings. The Morgan fingerprint density at radius 3 is 2.94 bits per heavy atom. The maximum absolute atomic E-state index is 5.90. The quantitative estimate of drug-likeness (QED) is 0.948. The van der Waals surface area contributed by atoms with Crippen molar-refractivity contribution in [3.05, 3.63) is 39.8 Å². The Morgan fingerprint density at radius 2 is 2.31 bits per heavy atom. The Labute approximate surface area is 107 Å². The van der Waals surface area contributed by atoms with Crippen LogP contribution in [-0.4, -0.2) is 14.8 Å². The van der Waals surface area contributed by atoms with E-state index in [0.717, 1.165) is 16.0 Å². The Kier molecular flexibility index (Phi) is 3.46. The summed E-state index contributed by atoms with van der Waals surface area (Å²) >= 11 is 9.28. The molecule has 0 aliphatic carbocycles. The summed E-state index contributed by atoms with van der Waals surface area (Å²) in [5.41, 5.74) is 0.985. The van der Waals surface area contributed by atoms with E-state index < -0.39 is 0 Å². The molecule has 0 spiro atoms. The van der Waals surface area contributed by atoms with Gasteiger partial charge in [-0.3, -0.25) is 4.68 Å². The summed E-state index contributed by atoms with van der Waals surface area (Å²) < 4.78 is 2.61. The maximum atomic E-state index is 5.90. The molecule has 0 atom stereocenters. The van der Waals surface area contributed by atoms with Crippen molar-refractivity contribution in [1.29, 1.82) is 0 Å². The minimum absolute atomic E-state index is 0.630.